The highest BCUT2D eigenvalue weighted by Gasteiger charge is 2.17. The van der Waals surface area contributed by atoms with Crippen molar-refractivity contribution in [3.8, 4) is 0 Å². The summed E-state index contributed by atoms with van der Waals surface area (Å²) in [5, 5.41) is 7.41. The van der Waals surface area contributed by atoms with Gasteiger partial charge in [0, 0.05) is 19.1 Å². The van der Waals surface area contributed by atoms with Gasteiger partial charge in [-0.3, -0.25) is 4.57 Å². The number of nitrogens with one attached hydrogen (secondary N) is 1. The maximum absolute atomic E-state index is 5.36. The molecule has 0 aliphatic rings. The molecule has 5 heteroatoms. The first-order chi connectivity index (χ1) is 9.32. The normalized spacial score (nSPS) is 11.8. The monoisotopic (exact) mass is 298 g/mol. The molecule has 0 radical (unpaired) electrons. The summed E-state index contributed by atoms with van der Waals surface area (Å²) in [5.74, 6) is 2.39. The minimum absolute atomic E-state index is 0.330. The molecule has 0 amide bonds. The smallest absolute Gasteiger partial charge is 0.225 e. The van der Waals surface area contributed by atoms with Crippen molar-refractivity contribution >= 4 is 18.2 Å². The Labute approximate surface area is 128 Å². The van der Waals surface area contributed by atoms with Gasteiger partial charge in [0.15, 0.2) is 4.77 Å². The molecule has 0 saturated carbocycles. The lowest BCUT2D eigenvalue weighted by molar-refractivity contribution is 0.512. The van der Waals surface area contributed by atoms with Gasteiger partial charge in [0.05, 0.1) is 0 Å². The van der Waals surface area contributed by atoms with Crippen LogP contribution in [0.25, 0.3) is 0 Å². The zero-order valence-electron chi connectivity index (χ0n) is 13.8. The molecule has 0 aliphatic carbocycles. The molecule has 0 fully saturated rings. The predicted octanol–water partition coefficient (Wildman–Crippen LogP) is 4.42. The van der Waals surface area contributed by atoms with Gasteiger partial charge in [0.2, 0.25) is 5.95 Å². The molecular weight excluding hydrogens is 268 g/mol. The lowest BCUT2D eigenvalue weighted by atomic mass is 10.1. The molecule has 0 aliphatic heterocycles. The van der Waals surface area contributed by atoms with Gasteiger partial charge in [-0.25, -0.2) is 5.10 Å². The van der Waals surface area contributed by atoms with E-state index in [-0.39, 0.29) is 0 Å². The second kappa shape index (κ2) is 7.81. The van der Waals surface area contributed by atoms with E-state index in [1.165, 1.54) is 12.8 Å². The highest BCUT2D eigenvalue weighted by atomic mass is 32.1. The van der Waals surface area contributed by atoms with Crippen LogP contribution in [0.15, 0.2) is 0 Å². The number of anilines is 1. The third-order valence-corrected chi connectivity index (χ3v) is 3.73. The van der Waals surface area contributed by atoms with E-state index in [1.54, 1.807) is 0 Å². The Morgan fingerprint density at radius 3 is 1.95 bits per heavy atom. The van der Waals surface area contributed by atoms with Gasteiger partial charge >= 0.3 is 0 Å². The molecule has 0 spiro atoms. The second-order valence-corrected chi connectivity index (χ2v) is 7.03. The van der Waals surface area contributed by atoms with Gasteiger partial charge < -0.3 is 4.90 Å². The van der Waals surface area contributed by atoms with Crippen molar-refractivity contribution in [2.24, 2.45) is 11.8 Å². The van der Waals surface area contributed by atoms with E-state index in [4.69, 9.17) is 12.2 Å². The van der Waals surface area contributed by atoms with Crippen LogP contribution in [-0.2, 0) is 0 Å². The number of hydrogen-bond donors (Lipinski definition) is 1. The van der Waals surface area contributed by atoms with E-state index in [0.29, 0.717) is 22.6 Å². The first kappa shape index (κ1) is 17.2. The van der Waals surface area contributed by atoms with E-state index in [2.05, 4.69) is 61.2 Å². The summed E-state index contributed by atoms with van der Waals surface area (Å²) in [6.45, 7) is 15.4. The molecule has 0 saturated heterocycles. The fourth-order valence-corrected chi connectivity index (χ4v) is 2.46. The van der Waals surface area contributed by atoms with Crippen LogP contribution in [0.3, 0.4) is 0 Å². The van der Waals surface area contributed by atoms with Crippen LogP contribution in [0, 0.1) is 16.6 Å². The highest BCUT2D eigenvalue weighted by Crippen LogP contribution is 2.19. The van der Waals surface area contributed by atoms with Gasteiger partial charge in [-0.05, 0) is 50.7 Å². The lowest BCUT2D eigenvalue weighted by Gasteiger charge is -2.26. The summed E-state index contributed by atoms with van der Waals surface area (Å²) in [5.41, 5.74) is 0. The quantitative estimate of drug-likeness (QED) is 0.722. The molecule has 1 rings (SSSR count). The minimum Gasteiger partial charge on any atom is -0.341 e. The topological polar surface area (TPSA) is 36.9 Å². The third kappa shape index (κ3) is 4.93. The van der Waals surface area contributed by atoms with Crippen LogP contribution in [0.1, 0.15) is 60.4 Å². The van der Waals surface area contributed by atoms with Crippen molar-refractivity contribution in [2.75, 3.05) is 18.0 Å². The predicted molar refractivity (Wildman–Crippen MR) is 88.9 cm³/mol. The Morgan fingerprint density at radius 1 is 1.05 bits per heavy atom. The number of hydrogen-bond acceptors (Lipinski definition) is 3. The molecule has 0 bridgehead atoms. The average Bonchev–Trinajstić information content (AvgIpc) is 2.70. The fourth-order valence-electron chi connectivity index (χ4n) is 2.12. The molecule has 0 aromatic carbocycles. The number of nitrogens with zero attached hydrogens (tertiary/aromatic N) is 3. The van der Waals surface area contributed by atoms with Crippen molar-refractivity contribution in [3.05, 3.63) is 4.77 Å². The highest BCUT2D eigenvalue weighted by molar-refractivity contribution is 7.71. The van der Waals surface area contributed by atoms with Gasteiger partial charge in [0.1, 0.15) is 0 Å². The van der Waals surface area contributed by atoms with Gasteiger partial charge in [0.25, 0.3) is 0 Å². The fraction of sp³-hybridized carbons (Fsp3) is 0.867. The van der Waals surface area contributed by atoms with E-state index in [9.17, 15) is 0 Å². The van der Waals surface area contributed by atoms with Crippen molar-refractivity contribution < 1.29 is 0 Å². The van der Waals surface area contributed by atoms with Crippen LogP contribution < -0.4 is 4.90 Å². The summed E-state index contributed by atoms with van der Waals surface area (Å²) >= 11 is 5.36. The first-order valence-corrected chi connectivity index (χ1v) is 8.15. The molecule has 1 heterocycles. The number of rotatable bonds is 8. The molecule has 116 valence electrons. The minimum atomic E-state index is 0.330. The Bertz CT molecular complexity index is 433. The van der Waals surface area contributed by atoms with Gasteiger partial charge in [-0.2, -0.15) is 0 Å². The summed E-state index contributed by atoms with van der Waals surface area (Å²) in [6, 6.07) is 0.330. The molecule has 0 atom stereocenters. The van der Waals surface area contributed by atoms with Crippen LogP contribution in [0.5, 0.6) is 0 Å². The summed E-state index contributed by atoms with van der Waals surface area (Å²) in [4.78, 5) is 2.38. The van der Waals surface area contributed by atoms with Crippen molar-refractivity contribution in [1.82, 2.24) is 14.8 Å². The Balaban J connectivity index is 2.93. The second-order valence-electron chi connectivity index (χ2n) is 6.64. The molecule has 1 N–H and O–H groups in total. The van der Waals surface area contributed by atoms with E-state index in [0.717, 1.165) is 19.0 Å². The standard InChI is InChI=1S/C15H30N4S/c1-11(2)7-9-18(10-8-12(3)4)14-16-17-15(20)19(14)13(5)6/h11-13H,7-10H2,1-6H3,(H,17,20). The maximum Gasteiger partial charge on any atom is 0.225 e. The number of aromatic nitrogens is 3. The number of H-pyrrole nitrogens is 1. The van der Waals surface area contributed by atoms with Crippen LogP contribution in [0.4, 0.5) is 5.95 Å². The van der Waals surface area contributed by atoms with E-state index < -0.39 is 0 Å². The largest absolute Gasteiger partial charge is 0.341 e. The zero-order valence-corrected chi connectivity index (χ0v) is 14.6. The Morgan fingerprint density at radius 2 is 1.55 bits per heavy atom. The van der Waals surface area contributed by atoms with Crippen molar-refractivity contribution in [3.63, 3.8) is 0 Å². The van der Waals surface area contributed by atoms with Gasteiger partial charge in [-0.1, -0.05) is 27.7 Å². The Hall–Kier alpha value is -0.840. The summed E-state index contributed by atoms with van der Waals surface area (Å²) in [7, 11) is 0. The third-order valence-electron chi connectivity index (χ3n) is 3.44. The van der Waals surface area contributed by atoms with Crippen LogP contribution >= 0.6 is 12.2 Å². The van der Waals surface area contributed by atoms with Crippen molar-refractivity contribution in [1.29, 1.82) is 0 Å². The summed E-state index contributed by atoms with van der Waals surface area (Å²) < 4.78 is 2.84. The van der Waals surface area contributed by atoms with E-state index in [1.807, 2.05) is 0 Å². The zero-order chi connectivity index (χ0) is 15.3. The first-order valence-electron chi connectivity index (χ1n) is 7.74. The van der Waals surface area contributed by atoms with E-state index >= 15 is 0 Å². The Kier molecular flexibility index (Phi) is 6.72. The lowest BCUT2D eigenvalue weighted by Crippen LogP contribution is -2.30. The van der Waals surface area contributed by atoms with Crippen LogP contribution in [0.2, 0.25) is 0 Å². The molecular formula is C15H30N4S. The summed E-state index contributed by atoms with van der Waals surface area (Å²) in [6.07, 6.45) is 2.35. The number of aromatic amines is 1. The SMILES string of the molecule is CC(C)CCN(CCC(C)C)c1n[nH]c(=S)n1C(C)C. The maximum atomic E-state index is 5.36. The average molecular weight is 299 g/mol. The van der Waals surface area contributed by atoms with Crippen molar-refractivity contribution in [2.45, 2.75) is 60.4 Å². The molecule has 20 heavy (non-hydrogen) atoms. The van der Waals surface area contributed by atoms with Gasteiger partial charge in [-0.15, -0.1) is 5.10 Å². The molecule has 0 unspecified atom stereocenters. The molecule has 1 aromatic rings. The molecule has 1 aromatic heterocycles. The molecule has 4 nitrogen and oxygen atoms in total. The van der Waals surface area contributed by atoms with Crippen LogP contribution in [-0.4, -0.2) is 27.9 Å².